The minimum absolute atomic E-state index is 0.0702. The first-order chi connectivity index (χ1) is 10.7. The van der Waals surface area contributed by atoms with Crippen LogP contribution >= 0.6 is 0 Å². The summed E-state index contributed by atoms with van der Waals surface area (Å²) in [6.45, 7) is 0.267. The molecule has 5 heteroatoms. The molecule has 0 saturated heterocycles. The average Bonchev–Trinajstić information content (AvgIpc) is 2.58. The summed E-state index contributed by atoms with van der Waals surface area (Å²) in [4.78, 5) is 11.6. The van der Waals surface area contributed by atoms with E-state index in [0.717, 1.165) is 5.56 Å². The SMILES string of the molecule is COc1cccc([C@@H](O)CNC(=O)OCc2ccccc2)c1. The smallest absolute Gasteiger partial charge is 0.407 e. The van der Waals surface area contributed by atoms with Gasteiger partial charge in [-0.3, -0.25) is 0 Å². The number of aliphatic hydroxyl groups is 1. The van der Waals surface area contributed by atoms with E-state index < -0.39 is 12.2 Å². The molecular formula is C17H19NO4. The van der Waals surface area contributed by atoms with E-state index in [1.807, 2.05) is 30.3 Å². The number of amides is 1. The van der Waals surface area contributed by atoms with E-state index in [-0.39, 0.29) is 13.2 Å². The highest BCUT2D eigenvalue weighted by Crippen LogP contribution is 2.18. The molecule has 1 atom stereocenters. The van der Waals surface area contributed by atoms with E-state index in [1.165, 1.54) is 0 Å². The Morgan fingerprint density at radius 1 is 1.18 bits per heavy atom. The molecule has 0 aliphatic rings. The molecule has 2 aromatic carbocycles. The monoisotopic (exact) mass is 301 g/mol. The third kappa shape index (κ3) is 4.79. The van der Waals surface area contributed by atoms with Crippen LogP contribution in [0.3, 0.4) is 0 Å². The lowest BCUT2D eigenvalue weighted by molar-refractivity contribution is 0.126. The summed E-state index contributed by atoms with van der Waals surface area (Å²) >= 11 is 0. The lowest BCUT2D eigenvalue weighted by Gasteiger charge is -2.13. The van der Waals surface area contributed by atoms with E-state index in [2.05, 4.69) is 5.32 Å². The molecule has 0 spiro atoms. The second-order valence-electron chi connectivity index (χ2n) is 4.74. The highest BCUT2D eigenvalue weighted by molar-refractivity contribution is 5.67. The summed E-state index contributed by atoms with van der Waals surface area (Å²) in [5.41, 5.74) is 1.58. The Hall–Kier alpha value is -2.53. The number of hydrogen-bond acceptors (Lipinski definition) is 4. The summed E-state index contributed by atoms with van der Waals surface area (Å²) < 4.78 is 10.2. The maximum atomic E-state index is 11.6. The molecule has 0 radical (unpaired) electrons. The Balaban J connectivity index is 1.77. The molecular weight excluding hydrogens is 282 g/mol. The highest BCUT2D eigenvalue weighted by atomic mass is 16.5. The summed E-state index contributed by atoms with van der Waals surface area (Å²) in [7, 11) is 1.56. The molecule has 2 N–H and O–H groups in total. The second kappa shape index (κ2) is 8.05. The van der Waals surface area contributed by atoms with E-state index in [9.17, 15) is 9.90 Å². The largest absolute Gasteiger partial charge is 0.497 e. The number of aliphatic hydroxyl groups excluding tert-OH is 1. The fourth-order valence-corrected chi connectivity index (χ4v) is 1.92. The minimum Gasteiger partial charge on any atom is -0.497 e. The molecule has 0 bridgehead atoms. The van der Waals surface area contributed by atoms with Crippen molar-refractivity contribution in [3.8, 4) is 5.75 Å². The topological polar surface area (TPSA) is 67.8 Å². The van der Waals surface area contributed by atoms with Crippen LogP contribution in [0.1, 0.15) is 17.2 Å². The zero-order valence-electron chi connectivity index (χ0n) is 12.4. The van der Waals surface area contributed by atoms with Crippen LogP contribution in [0.15, 0.2) is 54.6 Å². The predicted molar refractivity (Wildman–Crippen MR) is 82.6 cm³/mol. The lowest BCUT2D eigenvalue weighted by atomic mass is 10.1. The van der Waals surface area contributed by atoms with Gasteiger partial charge in [-0.25, -0.2) is 4.79 Å². The number of rotatable bonds is 6. The first kappa shape index (κ1) is 15.9. The molecule has 116 valence electrons. The Labute approximate surface area is 129 Å². The minimum atomic E-state index is -0.820. The standard InChI is InChI=1S/C17H19NO4/c1-21-15-9-5-8-14(10-15)16(19)11-18-17(20)22-12-13-6-3-2-4-7-13/h2-10,16,19H,11-12H2,1H3,(H,18,20)/t16-/m0/s1. The quantitative estimate of drug-likeness (QED) is 0.860. The van der Waals surface area contributed by atoms with Gasteiger partial charge in [-0.2, -0.15) is 0 Å². The van der Waals surface area contributed by atoms with Crippen molar-refractivity contribution in [3.63, 3.8) is 0 Å². The van der Waals surface area contributed by atoms with Crippen LogP contribution in [0.5, 0.6) is 5.75 Å². The van der Waals surface area contributed by atoms with Crippen LogP contribution in [0, 0.1) is 0 Å². The molecule has 0 aliphatic carbocycles. The number of alkyl carbamates (subject to hydrolysis) is 1. The van der Waals surface area contributed by atoms with Gasteiger partial charge in [-0.1, -0.05) is 42.5 Å². The molecule has 2 aromatic rings. The zero-order chi connectivity index (χ0) is 15.8. The van der Waals surface area contributed by atoms with Crippen molar-refractivity contribution >= 4 is 6.09 Å². The third-order valence-electron chi connectivity index (χ3n) is 3.13. The van der Waals surface area contributed by atoms with Crippen molar-refractivity contribution in [2.75, 3.05) is 13.7 Å². The summed E-state index contributed by atoms with van der Waals surface area (Å²) in [6.07, 6.45) is -1.38. The second-order valence-corrected chi connectivity index (χ2v) is 4.74. The number of ether oxygens (including phenoxy) is 2. The predicted octanol–water partition coefficient (Wildman–Crippen LogP) is 2.66. The maximum absolute atomic E-state index is 11.6. The Kier molecular flexibility index (Phi) is 5.80. The molecule has 0 aromatic heterocycles. The Bertz CT molecular complexity index is 601. The number of benzene rings is 2. The molecule has 5 nitrogen and oxygen atoms in total. The summed E-state index contributed by atoms with van der Waals surface area (Å²) in [5.74, 6) is 0.656. The molecule has 2 rings (SSSR count). The number of hydrogen-bond donors (Lipinski definition) is 2. The summed E-state index contributed by atoms with van der Waals surface area (Å²) in [6, 6.07) is 16.5. The fraction of sp³-hybridized carbons (Fsp3) is 0.235. The van der Waals surface area contributed by atoms with Crippen molar-refractivity contribution in [2.24, 2.45) is 0 Å². The van der Waals surface area contributed by atoms with Gasteiger partial charge in [0.1, 0.15) is 12.4 Å². The highest BCUT2D eigenvalue weighted by Gasteiger charge is 2.11. The van der Waals surface area contributed by atoms with Crippen molar-refractivity contribution < 1.29 is 19.4 Å². The number of carbonyl (C=O) groups is 1. The number of nitrogens with one attached hydrogen (secondary N) is 1. The van der Waals surface area contributed by atoms with Gasteiger partial charge >= 0.3 is 6.09 Å². The van der Waals surface area contributed by atoms with Gasteiger partial charge in [-0.15, -0.1) is 0 Å². The number of methoxy groups -OCH3 is 1. The maximum Gasteiger partial charge on any atom is 0.407 e. The van der Waals surface area contributed by atoms with E-state index >= 15 is 0 Å². The van der Waals surface area contributed by atoms with Crippen LogP contribution in [-0.2, 0) is 11.3 Å². The molecule has 0 unspecified atom stereocenters. The number of carbonyl (C=O) groups excluding carboxylic acids is 1. The first-order valence-electron chi connectivity index (χ1n) is 6.95. The van der Waals surface area contributed by atoms with Gasteiger partial charge in [0, 0.05) is 0 Å². The molecule has 1 amide bonds. The van der Waals surface area contributed by atoms with Crippen LogP contribution in [0.2, 0.25) is 0 Å². The average molecular weight is 301 g/mol. The van der Waals surface area contributed by atoms with E-state index in [1.54, 1.807) is 31.4 Å². The summed E-state index contributed by atoms with van der Waals surface area (Å²) in [5, 5.41) is 12.6. The zero-order valence-corrected chi connectivity index (χ0v) is 12.4. The van der Waals surface area contributed by atoms with E-state index in [4.69, 9.17) is 9.47 Å². The Morgan fingerprint density at radius 3 is 2.68 bits per heavy atom. The molecule has 0 aliphatic heterocycles. The van der Waals surface area contributed by atoms with Crippen molar-refractivity contribution in [1.82, 2.24) is 5.32 Å². The van der Waals surface area contributed by atoms with Gasteiger partial charge in [-0.05, 0) is 23.3 Å². The Morgan fingerprint density at radius 2 is 1.95 bits per heavy atom. The molecule has 22 heavy (non-hydrogen) atoms. The third-order valence-corrected chi connectivity index (χ3v) is 3.13. The molecule has 0 heterocycles. The van der Waals surface area contributed by atoms with Gasteiger partial charge in [0.05, 0.1) is 19.8 Å². The van der Waals surface area contributed by atoms with Gasteiger partial charge in [0.15, 0.2) is 0 Å². The molecule has 0 fully saturated rings. The lowest BCUT2D eigenvalue weighted by Crippen LogP contribution is -2.28. The van der Waals surface area contributed by atoms with Gasteiger partial charge < -0.3 is 19.9 Å². The van der Waals surface area contributed by atoms with Crippen molar-refractivity contribution in [3.05, 3.63) is 65.7 Å². The molecule has 0 saturated carbocycles. The normalized spacial score (nSPS) is 11.5. The van der Waals surface area contributed by atoms with Crippen LogP contribution in [0.25, 0.3) is 0 Å². The first-order valence-corrected chi connectivity index (χ1v) is 6.95. The fourth-order valence-electron chi connectivity index (χ4n) is 1.92. The van der Waals surface area contributed by atoms with Crippen molar-refractivity contribution in [1.29, 1.82) is 0 Å². The van der Waals surface area contributed by atoms with Crippen LogP contribution in [0.4, 0.5) is 4.79 Å². The van der Waals surface area contributed by atoms with E-state index in [0.29, 0.717) is 11.3 Å². The van der Waals surface area contributed by atoms with Gasteiger partial charge in [0.25, 0.3) is 0 Å². The van der Waals surface area contributed by atoms with Crippen LogP contribution < -0.4 is 10.1 Å². The van der Waals surface area contributed by atoms with Crippen LogP contribution in [-0.4, -0.2) is 24.9 Å². The van der Waals surface area contributed by atoms with Crippen molar-refractivity contribution in [2.45, 2.75) is 12.7 Å². The van der Waals surface area contributed by atoms with Gasteiger partial charge in [0.2, 0.25) is 0 Å².